The van der Waals surface area contributed by atoms with Crippen molar-refractivity contribution in [3.8, 4) is 0 Å². The molecule has 0 amide bonds. The van der Waals surface area contributed by atoms with Crippen LogP contribution in [0.15, 0.2) is 29.2 Å². The molecule has 0 fully saturated rings. The number of aliphatic carboxylic acids is 1. The molecule has 8 heteroatoms. The number of esters is 1. The van der Waals surface area contributed by atoms with Crippen LogP contribution in [0.3, 0.4) is 0 Å². The number of nitrogens with one attached hydrogen (secondary N) is 1. The first-order chi connectivity index (χ1) is 9.76. The van der Waals surface area contributed by atoms with E-state index in [-0.39, 0.29) is 29.3 Å². The van der Waals surface area contributed by atoms with Crippen LogP contribution in [0.5, 0.6) is 0 Å². The molecule has 1 rings (SSSR count). The Bertz CT molecular complexity index is 608. The van der Waals surface area contributed by atoms with Gasteiger partial charge < -0.3 is 9.84 Å². The number of methoxy groups -OCH3 is 1. The van der Waals surface area contributed by atoms with Crippen LogP contribution in [-0.4, -0.2) is 39.1 Å². The lowest BCUT2D eigenvalue weighted by Gasteiger charge is -2.11. The van der Waals surface area contributed by atoms with Gasteiger partial charge in [-0.1, -0.05) is 6.92 Å². The molecular formula is C13H17NO6S. The van der Waals surface area contributed by atoms with Gasteiger partial charge in [-0.15, -0.1) is 0 Å². The molecule has 21 heavy (non-hydrogen) atoms. The average Bonchev–Trinajstić information content (AvgIpc) is 2.44. The third-order valence-electron chi connectivity index (χ3n) is 2.73. The van der Waals surface area contributed by atoms with E-state index in [0.29, 0.717) is 0 Å². The molecule has 2 N–H and O–H groups in total. The van der Waals surface area contributed by atoms with E-state index < -0.39 is 22.0 Å². The fraction of sp³-hybridized carbons (Fsp3) is 0.385. The fourth-order valence-corrected chi connectivity index (χ4v) is 2.76. The Hall–Kier alpha value is -1.93. The summed E-state index contributed by atoms with van der Waals surface area (Å²) >= 11 is 0. The zero-order valence-electron chi connectivity index (χ0n) is 11.7. The van der Waals surface area contributed by atoms with Gasteiger partial charge >= 0.3 is 11.9 Å². The molecule has 0 aliphatic carbocycles. The van der Waals surface area contributed by atoms with E-state index in [2.05, 4.69) is 9.46 Å². The number of rotatable bonds is 7. The van der Waals surface area contributed by atoms with Crippen LogP contribution >= 0.6 is 0 Å². The quantitative estimate of drug-likeness (QED) is 0.722. The number of carbonyl (C=O) groups is 2. The van der Waals surface area contributed by atoms with Crippen molar-refractivity contribution in [1.29, 1.82) is 0 Å². The van der Waals surface area contributed by atoms with E-state index in [0.717, 1.165) is 0 Å². The van der Waals surface area contributed by atoms with E-state index >= 15 is 0 Å². The van der Waals surface area contributed by atoms with E-state index in [9.17, 15) is 18.0 Å². The van der Waals surface area contributed by atoms with Crippen molar-refractivity contribution in [2.45, 2.75) is 18.2 Å². The van der Waals surface area contributed by atoms with Crippen molar-refractivity contribution in [3.63, 3.8) is 0 Å². The van der Waals surface area contributed by atoms with Crippen LogP contribution in [0.2, 0.25) is 0 Å². The van der Waals surface area contributed by atoms with Gasteiger partial charge in [-0.05, 0) is 30.2 Å². The number of carboxylic acid groups (broad SMARTS) is 1. The summed E-state index contributed by atoms with van der Waals surface area (Å²) in [7, 11) is -2.50. The number of ether oxygens (including phenoxy) is 1. The molecule has 116 valence electrons. The number of carboxylic acids is 1. The Morgan fingerprint density at radius 3 is 2.33 bits per heavy atom. The lowest BCUT2D eigenvalue weighted by molar-refractivity contribution is -0.137. The van der Waals surface area contributed by atoms with Crippen molar-refractivity contribution >= 4 is 22.0 Å². The van der Waals surface area contributed by atoms with Gasteiger partial charge in [0.1, 0.15) is 0 Å². The van der Waals surface area contributed by atoms with Gasteiger partial charge in [0.05, 0.1) is 17.6 Å². The molecule has 1 aromatic carbocycles. The monoisotopic (exact) mass is 315 g/mol. The zero-order valence-corrected chi connectivity index (χ0v) is 12.5. The van der Waals surface area contributed by atoms with Gasteiger partial charge in [-0.3, -0.25) is 4.79 Å². The number of carbonyl (C=O) groups excluding carboxylic acids is 1. The van der Waals surface area contributed by atoms with Gasteiger partial charge in [0.15, 0.2) is 0 Å². The standard InChI is InChI=1S/C13H17NO6S/c1-9(7-12(15)16)8-14-21(18,19)11-5-3-10(4-6-11)13(17)20-2/h3-6,9,14H,7-8H2,1-2H3,(H,15,16). The molecule has 7 nitrogen and oxygen atoms in total. The zero-order chi connectivity index (χ0) is 16.0. The summed E-state index contributed by atoms with van der Waals surface area (Å²) in [5.74, 6) is -1.86. The third kappa shape index (κ3) is 5.16. The highest BCUT2D eigenvalue weighted by atomic mass is 32.2. The van der Waals surface area contributed by atoms with Gasteiger partial charge in [0, 0.05) is 13.0 Å². The van der Waals surface area contributed by atoms with E-state index in [1.807, 2.05) is 0 Å². The van der Waals surface area contributed by atoms with Crippen LogP contribution in [0.1, 0.15) is 23.7 Å². The van der Waals surface area contributed by atoms with E-state index in [4.69, 9.17) is 5.11 Å². The summed E-state index contributed by atoms with van der Waals surface area (Å²) in [6.07, 6.45) is -0.121. The average molecular weight is 315 g/mol. The predicted molar refractivity (Wildman–Crippen MR) is 74.4 cm³/mol. The van der Waals surface area contributed by atoms with Gasteiger partial charge in [-0.25, -0.2) is 17.9 Å². The van der Waals surface area contributed by atoms with E-state index in [1.54, 1.807) is 6.92 Å². The van der Waals surface area contributed by atoms with Gasteiger partial charge in [0.2, 0.25) is 10.0 Å². The van der Waals surface area contributed by atoms with Crippen LogP contribution < -0.4 is 4.72 Å². The van der Waals surface area contributed by atoms with Crippen LogP contribution in [0.4, 0.5) is 0 Å². The molecular weight excluding hydrogens is 298 g/mol. The van der Waals surface area contributed by atoms with Crippen LogP contribution in [-0.2, 0) is 19.6 Å². The van der Waals surface area contributed by atoms with Crippen molar-refractivity contribution < 1.29 is 27.9 Å². The highest BCUT2D eigenvalue weighted by Crippen LogP contribution is 2.12. The molecule has 1 atom stereocenters. The number of sulfonamides is 1. The third-order valence-corrected chi connectivity index (χ3v) is 4.17. The van der Waals surface area contributed by atoms with Crippen LogP contribution in [0.25, 0.3) is 0 Å². The summed E-state index contributed by atoms with van der Waals surface area (Å²) in [4.78, 5) is 21.8. The smallest absolute Gasteiger partial charge is 0.337 e. The largest absolute Gasteiger partial charge is 0.481 e. The first kappa shape index (κ1) is 17.1. The molecule has 1 unspecified atom stereocenters. The minimum absolute atomic E-state index is 0.00215. The second-order valence-corrected chi connectivity index (χ2v) is 6.34. The van der Waals surface area contributed by atoms with Crippen molar-refractivity contribution in [3.05, 3.63) is 29.8 Å². The molecule has 0 spiro atoms. The first-order valence-electron chi connectivity index (χ1n) is 6.16. The number of hydrogen-bond acceptors (Lipinski definition) is 5. The summed E-state index contributed by atoms with van der Waals surface area (Å²) in [6, 6.07) is 5.27. The highest BCUT2D eigenvalue weighted by Gasteiger charge is 2.17. The van der Waals surface area contributed by atoms with Crippen molar-refractivity contribution in [2.75, 3.05) is 13.7 Å². The lowest BCUT2D eigenvalue weighted by Crippen LogP contribution is -2.29. The normalized spacial score (nSPS) is 12.7. The topological polar surface area (TPSA) is 110 Å². The molecule has 0 saturated heterocycles. The Balaban J connectivity index is 2.74. The molecule has 0 bridgehead atoms. The Morgan fingerprint density at radius 2 is 1.86 bits per heavy atom. The molecule has 0 radical (unpaired) electrons. The number of hydrogen-bond donors (Lipinski definition) is 2. The Morgan fingerprint density at radius 1 is 1.29 bits per heavy atom. The van der Waals surface area contributed by atoms with Gasteiger partial charge in [-0.2, -0.15) is 0 Å². The Labute approximate surface area is 123 Å². The minimum Gasteiger partial charge on any atom is -0.481 e. The SMILES string of the molecule is COC(=O)c1ccc(S(=O)(=O)NCC(C)CC(=O)O)cc1. The van der Waals surface area contributed by atoms with Crippen molar-refractivity contribution in [2.24, 2.45) is 5.92 Å². The predicted octanol–water partition coefficient (Wildman–Crippen LogP) is 0.862. The maximum Gasteiger partial charge on any atom is 0.337 e. The number of benzene rings is 1. The van der Waals surface area contributed by atoms with Crippen molar-refractivity contribution in [1.82, 2.24) is 4.72 Å². The Kier molecular flexibility index (Phi) is 5.86. The van der Waals surface area contributed by atoms with Crippen LogP contribution in [0, 0.1) is 5.92 Å². The molecule has 0 aromatic heterocycles. The summed E-state index contributed by atoms with van der Waals surface area (Å²) in [6.45, 7) is 1.66. The fourth-order valence-electron chi connectivity index (χ4n) is 1.59. The summed E-state index contributed by atoms with van der Waals surface area (Å²) in [5, 5.41) is 8.62. The lowest BCUT2D eigenvalue weighted by atomic mass is 10.1. The highest BCUT2D eigenvalue weighted by molar-refractivity contribution is 7.89. The molecule has 0 aliphatic heterocycles. The molecule has 0 heterocycles. The second-order valence-electron chi connectivity index (χ2n) is 4.57. The summed E-state index contributed by atoms with van der Waals surface area (Å²) < 4.78 is 30.9. The minimum atomic E-state index is -3.74. The first-order valence-corrected chi connectivity index (χ1v) is 7.64. The molecule has 0 aliphatic rings. The molecule has 0 saturated carbocycles. The maximum atomic E-state index is 12.0. The maximum absolute atomic E-state index is 12.0. The second kappa shape index (κ2) is 7.19. The van der Waals surface area contributed by atoms with E-state index in [1.165, 1.54) is 31.4 Å². The molecule has 1 aromatic rings. The van der Waals surface area contributed by atoms with Gasteiger partial charge in [0.25, 0.3) is 0 Å². The summed E-state index contributed by atoms with van der Waals surface area (Å²) in [5.41, 5.74) is 0.246.